The third-order valence-corrected chi connectivity index (χ3v) is 3.42. The van der Waals surface area contributed by atoms with Crippen molar-refractivity contribution in [2.45, 2.75) is 32.8 Å². The summed E-state index contributed by atoms with van der Waals surface area (Å²) in [5.74, 6) is -1.46. The second-order valence-corrected chi connectivity index (χ2v) is 5.54. The smallest absolute Gasteiger partial charge is 0.265 e. The number of halogens is 2. The van der Waals surface area contributed by atoms with Gasteiger partial charge in [0.15, 0.2) is 6.10 Å². The van der Waals surface area contributed by atoms with Crippen LogP contribution in [0.1, 0.15) is 32.3 Å². The molecule has 0 bridgehead atoms. The third-order valence-electron chi connectivity index (χ3n) is 3.42. The van der Waals surface area contributed by atoms with Crippen LogP contribution in [-0.2, 0) is 4.79 Å². The van der Waals surface area contributed by atoms with E-state index in [4.69, 9.17) is 4.74 Å². The van der Waals surface area contributed by atoms with Crippen LogP contribution in [0.4, 0.5) is 14.5 Å². The molecule has 2 aromatic rings. The number of nitrogens with one attached hydrogen (secondary N) is 1. The number of rotatable bonds is 5. The summed E-state index contributed by atoms with van der Waals surface area (Å²) < 4.78 is 32.8. The van der Waals surface area contributed by atoms with Crippen LogP contribution in [-0.4, -0.2) is 12.0 Å². The van der Waals surface area contributed by atoms with Crippen LogP contribution in [0.5, 0.6) is 5.75 Å². The van der Waals surface area contributed by atoms with E-state index in [1.54, 1.807) is 6.07 Å². The van der Waals surface area contributed by atoms with Crippen molar-refractivity contribution in [1.29, 1.82) is 0 Å². The van der Waals surface area contributed by atoms with Gasteiger partial charge in [-0.1, -0.05) is 38.1 Å². The van der Waals surface area contributed by atoms with Gasteiger partial charge in [0, 0.05) is 0 Å². The highest BCUT2D eigenvalue weighted by Crippen LogP contribution is 2.27. The molecule has 0 heterocycles. The number of benzene rings is 2. The molecule has 1 N–H and O–H groups in total. The maximum Gasteiger partial charge on any atom is 0.265 e. The van der Waals surface area contributed by atoms with E-state index in [0.29, 0.717) is 5.75 Å². The van der Waals surface area contributed by atoms with Crippen molar-refractivity contribution in [3.63, 3.8) is 0 Å². The summed E-state index contributed by atoms with van der Waals surface area (Å²) >= 11 is 0. The maximum absolute atomic E-state index is 13.6. The van der Waals surface area contributed by atoms with E-state index in [1.165, 1.54) is 13.0 Å². The van der Waals surface area contributed by atoms with E-state index >= 15 is 0 Å². The molecule has 0 saturated carbocycles. The van der Waals surface area contributed by atoms with Gasteiger partial charge in [0.05, 0.1) is 0 Å². The van der Waals surface area contributed by atoms with Crippen molar-refractivity contribution >= 4 is 11.6 Å². The summed E-state index contributed by atoms with van der Waals surface area (Å²) in [7, 11) is 0. The molecule has 1 amide bonds. The quantitative estimate of drug-likeness (QED) is 0.881. The number of hydrogen-bond acceptors (Lipinski definition) is 2. The topological polar surface area (TPSA) is 38.3 Å². The Kier molecular flexibility index (Phi) is 5.32. The van der Waals surface area contributed by atoms with Gasteiger partial charge in [-0.25, -0.2) is 8.78 Å². The maximum atomic E-state index is 13.6. The Bertz CT molecular complexity index is 681. The number of amides is 1. The molecule has 0 aliphatic rings. The summed E-state index contributed by atoms with van der Waals surface area (Å²) in [5.41, 5.74) is 0.495. The Balaban J connectivity index is 2.12. The zero-order valence-electron chi connectivity index (χ0n) is 13.3. The first kappa shape index (κ1) is 16.9. The number of carbonyl (C=O) groups is 1. The molecule has 23 heavy (non-hydrogen) atoms. The molecule has 1 atom stereocenters. The molecule has 0 aromatic heterocycles. The molecule has 0 aliphatic carbocycles. The number of anilines is 1. The minimum absolute atomic E-state index is 0.227. The van der Waals surface area contributed by atoms with Gasteiger partial charge in [0.25, 0.3) is 5.91 Å². The fourth-order valence-corrected chi connectivity index (χ4v) is 2.15. The molecule has 0 unspecified atom stereocenters. The fourth-order valence-electron chi connectivity index (χ4n) is 2.15. The van der Waals surface area contributed by atoms with Gasteiger partial charge in [-0.15, -0.1) is 0 Å². The average Bonchev–Trinajstić information content (AvgIpc) is 2.51. The van der Waals surface area contributed by atoms with Crippen LogP contribution in [0, 0.1) is 11.6 Å². The van der Waals surface area contributed by atoms with Gasteiger partial charge >= 0.3 is 0 Å². The predicted octanol–water partition coefficient (Wildman–Crippen LogP) is 4.49. The largest absolute Gasteiger partial charge is 0.481 e. The van der Waals surface area contributed by atoms with Gasteiger partial charge in [-0.3, -0.25) is 4.79 Å². The van der Waals surface area contributed by atoms with Crippen molar-refractivity contribution in [3.8, 4) is 5.75 Å². The summed E-state index contributed by atoms with van der Waals surface area (Å²) in [6.45, 7) is 5.56. The first-order valence-corrected chi connectivity index (χ1v) is 7.40. The lowest BCUT2D eigenvalue weighted by molar-refractivity contribution is -0.122. The minimum Gasteiger partial charge on any atom is -0.481 e. The zero-order valence-corrected chi connectivity index (χ0v) is 13.3. The predicted molar refractivity (Wildman–Crippen MR) is 85.6 cm³/mol. The van der Waals surface area contributed by atoms with Crippen LogP contribution in [0.2, 0.25) is 0 Å². The number of hydrogen-bond donors (Lipinski definition) is 1. The molecule has 0 radical (unpaired) electrons. The lowest BCUT2D eigenvalue weighted by Gasteiger charge is -2.19. The Morgan fingerprint density at radius 1 is 1.00 bits per heavy atom. The molecular weight excluding hydrogens is 300 g/mol. The molecule has 0 fully saturated rings. The van der Waals surface area contributed by atoms with Crippen molar-refractivity contribution < 1.29 is 18.3 Å². The Hall–Kier alpha value is -2.43. The van der Waals surface area contributed by atoms with Crippen molar-refractivity contribution in [1.82, 2.24) is 0 Å². The van der Waals surface area contributed by atoms with Gasteiger partial charge in [-0.05, 0) is 36.6 Å². The standard InChI is InChI=1S/C18H19F2NO2/c1-11(2)13-7-4-5-10-16(13)23-12(3)18(22)21-17-14(19)8-6-9-15(17)20/h4-12H,1-3H3,(H,21,22)/t12-/m0/s1. The lowest BCUT2D eigenvalue weighted by atomic mass is 10.0. The molecule has 2 aromatic carbocycles. The van der Waals surface area contributed by atoms with Gasteiger partial charge in [0.2, 0.25) is 0 Å². The summed E-state index contributed by atoms with van der Waals surface area (Å²) in [6.07, 6.45) is -0.895. The molecule has 0 aliphatic heterocycles. The van der Waals surface area contributed by atoms with E-state index in [9.17, 15) is 13.6 Å². The SMILES string of the molecule is CC(C)c1ccccc1O[C@@H](C)C(=O)Nc1c(F)cccc1F. The van der Waals surface area contributed by atoms with Crippen LogP contribution in [0.3, 0.4) is 0 Å². The van der Waals surface area contributed by atoms with Crippen LogP contribution >= 0.6 is 0 Å². The molecular formula is C18H19F2NO2. The highest BCUT2D eigenvalue weighted by Gasteiger charge is 2.20. The molecule has 2 rings (SSSR count). The van der Waals surface area contributed by atoms with Crippen LogP contribution < -0.4 is 10.1 Å². The molecule has 3 nitrogen and oxygen atoms in total. The molecule has 122 valence electrons. The number of carbonyl (C=O) groups excluding carboxylic acids is 1. The van der Waals surface area contributed by atoms with Crippen molar-refractivity contribution in [2.75, 3.05) is 5.32 Å². The molecule has 0 spiro atoms. The Morgan fingerprint density at radius 3 is 2.22 bits per heavy atom. The normalized spacial score (nSPS) is 12.1. The fraction of sp³-hybridized carbons (Fsp3) is 0.278. The van der Waals surface area contributed by atoms with E-state index in [2.05, 4.69) is 5.32 Å². The first-order chi connectivity index (χ1) is 10.9. The third kappa shape index (κ3) is 4.06. The van der Waals surface area contributed by atoms with Gasteiger partial charge in [0.1, 0.15) is 23.1 Å². The highest BCUT2D eigenvalue weighted by molar-refractivity contribution is 5.94. The molecule has 5 heteroatoms. The number of ether oxygens (including phenoxy) is 1. The zero-order chi connectivity index (χ0) is 17.0. The highest BCUT2D eigenvalue weighted by atomic mass is 19.1. The minimum atomic E-state index is -0.895. The lowest BCUT2D eigenvalue weighted by Crippen LogP contribution is -2.31. The van der Waals surface area contributed by atoms with E-state index in [0.717, 1.165) is 17.7 Å². The summed E-state index contributed by atoms with van der Waals surface area (Å²) in [5, 5.41) is 2.23. The first-order valence-electron chi connectivity index (χ1n) is 7.40. The second-order valence-electron chi connectivity index (χ2n) is 5.54. The Morgan fingerprint density at radius 2 is 1.61 bits per heavy atom. The monoisotopic (exact) mass is 319 g/mol. The van der Waals surface area contributed by atoms with Gasteiger partial charge in [-0.2, -0.15) is 0 Å². The summed E-state index contributed by atoms with van der Waals surface area (Å²) in [4.78, 5) is 12.1. The Labute approximate surface area is 134 Å². The van der Waals surface area contributed by atoms with Crippen LogP contribution in [0.15, 0.2) is 42.5 Å². The van der Waals surface area contributed by atoms with Crippen molar-refractivity contribution in [3.05, 3.63) is 59.7 Å². The molecule has 0 saturated heterocycles. The van der Waals surface area contributed by atoms with E-state index < -0.39 is 29.3 Å². The summed E-state index contributed by atoms with van der Waals surface area (Å²) in [6, 6.07) is 10.8. The van der Waals surface area contributed by atoms with Gasteiger partial charge < -0.3 is 10.1 Å². The van der Waals surface area contributed by atoms with E-state index in [1.807, 2.05) is 32.0 Å². The van der Waals surface area contributed by atoms with Crippen molar-refractivity contribution in [2.24, 2.45) is 0 Å². The number of para-hydroxylation sites is 2. The second kappa shape index (κ2) is 7.22. The van der Waals surface area contributed by atoms with Crippen LogP contribution in [0.25, 0.3) is 0 Å². The average molecular weight is 319 g/mol. The van der Waals surface area contributed by atoms with E-state index in [-0.39, 0.29) is 5.92 Å².